The van der Waals surface area contributed by atoms with Gasteiger partial charge in [0.25, 0.3) is 0 Å². The lowest BCUT2D eigenvalue weighted by atomic mass is 10.2. The molecule has 0 bridgehead atoms. The Hall–Kier alpha value is -1.50. The van der Waals surface area contributed by atoms with Crippen LogP contribution < -0.4 is 4.72 Å². The number of benzene rings is 1. The number of carbonyl (C=O) groups excluding carboxylic acids is 1. The van der Waals surface area contributed by atoms with E-state index in [1.165, 1.54) is 42.5 Å². The molecule has 0 aliphatic carbocycles. The quantitative estimate of drug-likeness (QED) is 0.862. The molecule has 0 atom stereocenters. The molecule has 0 saturated heterocycles. The number of hydrogen-bond donors (Lipinski definition) is 1. The van der Waals surface area contributed by atoms with Gasteiger partial charge in [-0.05, 0) is 30.5 Å². The number of rotatable bonds is 5. The summed E-state index contributed by atoms with van der Waals surface area (Å²) in [6, 6.07) is 9.65. The monoisotopic (exact) mass is 295 g/mol. The Kier molecular flexibility index (Phi) is 4.14. The highest BCUT2D eigenvalue weighted by atomic mass is 32.2. The minimum Gasteiger partial charge on any atom is -0.295 e. The lowest BCUT2D eigenvalue weighted by molar-refractivity contribution is 0.101. The van der Waals surface area contributed by atoms with Gasteiger partial charge in [-0.3, -0.25) is 4.79 Å². The lowest BCUT2D eigenvalue weighted by Gasteiger charge is -2.06. The number of thiophene rings is 1. The normalized spacial score (nSPS) is 11.4. The zero-order chi connectivity index (χ0) is 13.9. The maximum atomic E-state index is 12.0. The van der Waals surface area contributed by atoms with Crippen molar-refractivity contribution in [2.45, 2.75) is 18.4 Å². The summed E-state index contributed by atoms with van der Waals surface area (Å²) in [7, 11) is -3.53. The van der Waals surface area contributed by atoms with Crippen LogP contribution in [-0.2, 0) is 16.6 Å². The van der Waals surface area contributed by atoms with Gasteiger partial charge in [0, 0.05) is 17.0 Å². The smallest absolute Gasteiger partial charge is 0.240 e. The Morgan fingerprint density at radius 3 is 2.42 bits per heavy atom. The molecule has 1 aromatic heterocycles. The van der Waals surface area contributed by atoms with Crippen molar-refractivity contribution in [2.75, 3.05) is 0 Å². The zero-order valence-corrected chi connectivity index (χ0v) is 11.9. The number of hydrogen-bond acceptors (Lipinski definition) is 4. The van der Waals surface area contributed by atoms with Gasteiger partial charge in [-0.1, -0.05) is 18.2 Å². The van der Waals surface area contributed by atoms with Crippen molar-refractivity contribution in [3.05, 3.63) is 52.2 Å². The van der Waals surface area contributed by atoms with E-state index >= 15 is 0 Å². The molecular weight excluding hydrogens is 282 g/mol. The van der Waals surface area contributed by atoms with Crippen LogP contribution in [-0.4, -0.2) is 14.2 Å². The second kappa shape index (κ2) is 5.64. The van der Waals surface area contributed by atoms with Crippen molar-refractivity contribution >= 4 is 27.1 Å². The second-order valence-electron chi connectivity index (χ2n) is 3.98. The molecule has 2 rings (SSSR count). The first-order valence-electron chi connectivity index (χ1n) is 5.62. The Labute approximate surface area is 116 Å². The molecule has 0 aliphatic rings. The molecule has 1 N–H and O–H groups in total. The van der Waals surface area contributed by atoms with E-state index in [9.17, 15) is 13.2 Å². The average Bonchev–Trinajstić information content (AvgIpc) is 2.90. The Balaban J connectivity index is 2.13. The number of carbonyl (C=O) groups is 1. The summed E-state index contributed by atoms with van der Waals surface area (Å²) >= 11 is 1.49. The van der Waals surface area contributed by atoms with Gasteiger partial charge in [0.1, 0.15) is 0 Å². The molecule has 1 heterocycles. The predicted octanol–water partition coefficient (Wildman–Crippen LogP) is 2.43. The Morgan fingerprint density at radius 2 is 1.89 bits per heavy atom. The van der Waals surface area contributed by atoms with E-state index in [-0.39, 0.29) is 17.2 Å². The van der Waals surface area contributed by atoms with Crippen LogP contribution in [0.1, 0.15) is 22.2 Å². The van der Waals surface area contributed by atoms with Gasteiger partial charge in [-0.25, -0.2) is 13.1 Å². The SMILES string of the molecule is CC(=O)c1ccc(S(=O)(=O)NCc2cccs2)cc1. The van der Waals surface area contributed by atoms with E-state index in [1.54, 1.807) is 0 Å². The van der Waals surface area contributed by atoms with Crippen LogP contribution in [0.4, 0.5) is 0 Å². The average molecular weight is 295 g/mol. The van der Waals surface area contributed by atoms with E-state index in [0.717, 1.165) is 4.88 Å². The number of nitrogens with one attached hydrogen (secondary N) is 1. The highest BCUT2D eigenvalue weighted by Gasteiger charge is 2.14. The summed E-state index contributed by atoms with van der Waals surface area (Å²) in [5.74, 6) is -0.0875. The fourth-order valence-corrected chi connectivity index (χ4v) is 3.27. The topological polar surface area (TPSA) is 63.2 Å². The van der Waals surface area contributed by atoms with Crippen LogP contribution in [0.2, 0.25) is 0 Å². The molecular formula is C13H13NO3S2. The van der Waals surface area contributed by atoms with Gasteiger partial charge in [-0.2, -0.15) is 0 Å². The molecule has 0 aliphatic heterocycles. The number of Topliss-reactive ketones (excluding diaryl/α,β-unsaturated/α-hetero) is 1. The van der Waals surface area contributed by atoms with Crippen LogP contribution in [0.5, 0.6) is 0 Å². The van der Waals surface area contributed by atoms with Gasteiger partial charge in [0.05, 0.1) is 4.90 Å². The van der Waals surface area contributed by atoms with Crippen LogP contribution in [0.3, 0.4) is 0 Å². The minimum atomic E-state index is -3.53. The molecule has 0 amide bonds. The molecule has 0 radical (unpaired) electrons. The van der Waals surface area contributed by atoms with Crippen molar-refractivity contribution in [3.63, 3.8) is 0 Å². The van der Waals surface area contributed by atoms with E-state index < -0.39 is 10.0 Å². The van der Waals surface area contributed by atoms with Crippen molar-refractivity contribution in [2.24, 2.45) is 0 Å². The summed E-state index contributed by atoms with van der Waals surface area (Å²) in [4.78, 5) is 12.2. The fraction of sp³-hybridized carbons (Fsp3) is 0.154. The van der Waals surface area contributed by atoms with Crippen LogP contribution in [0.25, 0.3) is 0 Å². The third-order valence-electron chi connectivity index (χ3n) is 2.59. The summed E-state index contributed by atoms with van der Waals surface area (Å²) in [6.07, 6.45) is 0. The van der Waals surface area contributed by atoms with Gasteiger partial charge >= 0.3 is 0 Å². The maximum Gasteiger partial charge on any atom is 0.240 e. The highest BCUT2D eigenvalue weighted by molar-refractivity contribution is 7.89. The van der Waals surface area contributed by atoms with Crippen LogP contribution in [0.15, 0.2) is 46.7 Å². The molecule has 2 aromatic rings. The number of ketones is 1. The third-order valence-corrected chi connectivity index (χ3v) is 4.88. The van der Waals surface area contributed by atoms with E-state index in [0.29, 0.717) is 5.56 Å². The first-order chi connectivity index (χ1) is 8.99. The molecule has 4 nitrogen and oxygen atoms in total. The van der Waals surface area contributed by atoms with Crippen molar-refractivity contribution in [1.82, 2.24) is 4.72 Å². The molecule has 0 unspecified atom stereocenters. The zero-order valence-electron chi connectivity index (χ0n) is 10.3. The standard InChI is InChI=1S/C13H13NO3S2/c1-10(15)11-4-6-13(7-5-11)19(16,17)14-9-12-3-2-8-18-12/h2-8,14H,9H2,1H3. The van der Waals surface area contributed by atoms with Crippen LogP contribution in [0, 0.1) is 0 Å². The maximum absolute atomic E-state index is 12.0. The number of sulfonamides is 1. The lowest BCUT2D eigenvalue weighted by Crippen LogP contribution is -2.22. The second-order valence-corrected chi connectivity index (χ2v) is 6.78. The summed E-state index contributed by atoms with van der Waals surface area (Å²) in [5, 5.41) is 1.89. The summed E-state index contributed by atoms with van der Waals surface area (Å²) < 4.78 is 26.6. The molecule has 0 saturated carbocycles. The van der Waals surface area contributed by atoms with Crippen molar-refractivity contribution in [3.8, 4) is 0 Å². The molecule has 100 valence electrons. The van der Waals surface area contributed by atoms with E-state index in [1.807, 2.05) is 17.5 Å². The molecule has 1 aromatic carbocycles. The Morgan fingerprint density at radius 1 is 1.21 bits per heavy atom. The van der Waals surface area contributed by atoms with E-state index in [2.05, 4.69) is 4.72 Å². The molecule has 0 fully saturated rings. The summed E-state index contributed by atoms with van der Waals surface area (Å²) in [6.45, 7) is 1.72. The first kappa shape index (κ1) is 13.9. The van der Waals surface area contributed by atoms with Crippen molar-refractivity contribution in [1.29, 1.82) is 0 Å². The summed E-state index contributed by atoms with van der Waals surface area (Å²) in [5.41, 5.74) is 0.497. The van der Waals surface area contributed by atoms with Gasteiger partial charge in [0.15, 0.2) is 5.78 Å². The third kappa shape index (κ3) is 3.50. The minimum absolute atomic E-state index is 0.0875. The van der Waals surface area contributed by atoms with E-state index in [4.69, 9.17) is 0 Å². The van der Waals surface area contributed by atoms with Gasteiger partial charge in [-0.15, -0.1) is 11.3 Å². The first-order valence-corrected chi connectivity index (χ1v) is 7.98. The largest absolute Gasteiger partial charge is 0.295 e. The molecule has 6 heteroatoms. The Bertz CT molecular complexity index is 658. The van der Waals surface area contributed by atoms with Crippen LogP contribution >= 0.6 is 11.3 Å². The van der Waals surface area contributed by atoms with Gasteiger partial charge in [0.2, 0.25) is 10.0 Å². The highest BCUT2D eigenvalue weighted by Crippen LogP contribution is 2.13. The van der Waals surface area contributed by atoms with Gasteiger partial charge < -0.3 is 0 Å². The van der Waals surface area contributed by atoms with Crippen molar-refractivity contribution < 1.29 is 13.2 Å². The molecule has 19 heavy (non-hydrogen) atoms. The molecule has 0 spiro atoms. The fourth-order valence-electron chi connectivity index (χ4n) is 1.53. The predicted molar refractivity (Wildman–Crippen MR) is 74.8 cm³/mol.